The molecule has 366 valence electrons. The predicted octanol–water partition coefficient (Wildman–Crippen LogP) is 12.1. The minimum atomic E-state index is -1.06. The Morgan fingerprint density at radius 3 is 1.77 bits per heavy atom. The molecule has 0 spiro atoms. The fourth-order valence-electron chi connectivity index (χ4n) is 10.8. The first-order valence-electron chi connectivity index (χ1n) is 24.7. The lowest BCUT2D eigenvalue weighted by Gasteiger charge is -2.45. The van der Waals surface area contributed by atoms with Gasteiger partial charge in [-0.2, -0.15) is 10.1 Å². The highest BCUT2D eigenvalue weighted by molar-refractivity contribution is 6.35. The van der Waals surface area contributed by atoms with Crippen LogP contribution >= 0.6 is 11.6 Å². The van der Waals surface area contributed by atoms with Gasteiger partial charge in [-0.3, -0.25) is 0 Å². The van der Waals surface area contributed by atoms with Gasteiger partial charge in [0.05, 0.1) is 21.6 Å². The molecule has 2 aromatic heterocycles. The molecule has 1 amide bonds. The second-order valence-corrected chi connectivity index (χ2v) is 19.9. The molecule has 9 aromatic rings. The van der Waals surface area contributed by atoms with E-state index in [-0.39, 0.29) is 40.8 Å². The van der Waals surface area contributed by atoms with Crippen LogP contribution in [0, 0.1) is 12.7 Å². The summed E-state index contributed by atoms with van der Waals surface area (Å²) in [6, 6.07) is 56.6. The van der Waals surface area contributed by atoms with E-state index in [4.69, 9.17) is 31.7 Å². The van der Waals surface area contributed by atoms with Gasteiger partial charge in [-0.15, -0.1) is 0 Å². The van der Waals surface area contributed by atoms with Crippen LogP contribution in [0.5, 0.6) is 0 Å². The monoisotopic (exact) mass is 987 g/mol. The smallest absolute Gasteiger partial charge is 0.407 e. The summed E-state index contributed by atoms with van der Waals surface area (Å²) in [5, 5.41) is 17.0. The lowest BCUT2D eigenvalue weighted by Crippen LogP contribution is -2.59. The highest BCUT2D eigenvalue weighted by Crippen LogP contribution is 2.49. The number of piperazine rings is 1. The average Bonchev–Trinajstić information content (AvgIpc) is 3.76. The number of anilines is 2. The van der Waals surface area contributed by atoms with Crippen molar-refractivity contribution in [2.75, 3.05) is 50.1 Å². The minimum absolute atomic E-state index is 0.114. The van der Waals surface area contributed by atoms with Crippen LogP contribution in [0.25, 0.3) is 32.9 Å². The molecule has 0 bridgehead atoms. The molecule has 2 fully saturated rings. The van der Waals surface area contributed by atoms with E-state index < -0.39 is 17.4 Å². The molecule has 11 nitrogen and oxygen atoms in total. The van der Waals surface area contributed by atoms with Crippen molar-refractivity contribution in [2.24, 2.45) is 4.99 Å². The first-order chi connectivity index (χ1) is 35.4. The molecule has 2 aliphatic heterocycles. The average molecular weight is 989 g/mol. The van der Waals surface area contributed by atoms with Crippen molar-refractivity contribution in [1.82, 2.24) is 29.5 Å². The highest BCUT2D eigenvalue weighted by atomic mass is 35.5. The molecule has 0 saturated carbocycles. The number of nitrogens with zero attached hydrogens (tertiary/aromatic N) is 9. The van der Waals surface area contributed by atoms with E-state index in [1.54, 1.807) is 6.07 Å². The SMILES string of the molecule is Cc1ccc2c(c(N=C(c3ccccc3)c3ccccc3)nn2C(c2ccccc2)(c2ccccc2)c2ccccc2)c1-c1c(Cl)cc2c(N3C[C@@H](C)N(C(=O)O)C[C@@H]3C)nc(N3CC(N(C)C)C3)nc2c1F. The summed E-state index contributed by atoms with van der Waals surface area (Å²) in [5.74, 6) is 0.673. The van der Waals surface area contributed by atoms with Gasteiger partial charge in [0.1, 0.15) is 16.9 Å². The van der Waals surface area contributed by atoms with Crippen molar-refractivity contribution in [3.8, 4) is 11.1 Å². The third kappa shape index (κ3) is 8.24. The summed E-state index contributed by atoms with van der Waals surface area (Å²) in [6.45, 7) is 7.73. The molecule has 13 heteroatoms. The molecule has 2 atom stereocenters. The number of aromatic nitrogens is 4. The molecule has 0 unspecified atom stereocenters. The summed E-state index contributed by atoms with van der Waals surface area (Å²) in [6.07, 6.45) is -0.981. The van der Waals surface area contributed by atoms with E-state index >= 15 is 4.39 Å². The number of carbonyl (C=O) groups is 1. The van der Waals surface area contributed by atoms with Crippen molar-refractivity contribution in [3.63, 3.8) is 0 Å². The Hall–Kier alpha value is -7.93. The van der Waals surface area contributed by atoms with Gasteiger partial charge in [0.2, 0.25) is 5.95 Å². The largest absolute Gasteiger partial charge is 0.465 e. The van der Waals surface area contributed by atoms with Crippen LogP contribution in [0.2, 0.25) is 5.02 Å². The Morgan fingerprint density at radius 1 is 0.712 bits per heavy atom. The summed E-state index contributed by atoms with van der Waals surface area (Å²) < 4.78 is 20.8. The van der Waals surface area contributed by atoms with Crippen LogP contribution in [0.4, 0.5) is 26.8 Å². The normalized spacial score (nSPS) is 16.3. The van der Waals surface area contributed by atoms with Gasteiger partial charge < -0.3 is 24.7 Å². The molecular weight excluding hydrogens is 933 g/mol. The summed E-state index contributed by atoms with van der Waals surface area (Å²) in [7, 11) is 4.09. The van der Waals surface area contributed by atoms with E-state index in [2.05, 4.69) is 61.8 Å². The van der Waals surface area contributed by atoms with E-state index in [1.165, 1.54) is 4.90 Å². The molecule has 2 saturated heterocycles. The molecule has 73 heavy (non-hydrogen) atoms. The third-order valence-electron chi connectivity index (χ3n) is 14.7. The number of benzene rings is 7. The maximum atomic E-state index is 18.8. The number of carboxylic acid groups (broad SMARTS) is 1. The van der Waals surface area contributed by atoms with Crippen LogP contribution in [-0.2, 0) is 5.54 Å². The molecule has 0 radical (unpaired) electrons. The lowest BCUT2D eigenvalue weighted by molar-refractivity contribution is 0.114. The Kier molecular flexibility index (Phi) is 12.5. The Bertz CT molecular complexity index is 3380. The van der Waals surface area contributed by atoms with E-state index in [0.29, 0.717) is 64.8 Å². The molecule has 4 heterocycles. The number of halogens is 2. The van der Waals surface area contributed by atoms with Gasteiger partial charge in [0, 0.05) is 71.9 Å². The van der Waals surface area contributed by atoms with Crippen LogP contribution in [0.15, 0.2) is 175 Å². The maximum absolute atomic E-state index is 18.8. The van der Waals surface area contributed by atoms with Crippen LogP contribution in [0.3, 0.4) is 0 Å². The molecule has 2 aliphatic rings. The van der Waals surface area contributed by atoms with Crippen LogP contribution < -0.4 is 9.80 Å². The van der Waals surface area contributed by atoms with E-state index in [0.717, 1.165) is 33.4 Å². The number of aliphatic imine (C=N–C) groups is 1. The highest BCUT2D eigenvalue weighted by Gasteiger charge is 2.42. The zero-order valence-electron chi connectivity index (χ0n) is 41.4. The number of amides is 1. The summed E-state index contributed by atoms with van der Waals surface area (Å²) >= 11 is 7.61. The number of fused-ring (bicyclic) bond motifs is 2. The second-order valence-electron chi connectivity index (χ2n) is 19.5. The topological polar surface area (TPSA) is 106 Å². The summed E-state index contributed by atoms with van der Waals surface area (Å²) in [4.78, 5) is 35.9. The number of likely N-dealkylation sites (N-methyl/N-ethyl adjacent to an activating group) is 1. The molecular formula is C60H55ClFN9O2. The van der Waals surface area contributed by atoms with Crippen molar-refractivity contribution < 1.29 is 14.3 Å². The lowest BCUT2D eigenvalue weighted by atomic mass is 9.77. The zero-order chi connectivity index (χ0) is 50.5. The third-order valence-corrected chi connectivity index (χ3v) is 15.0. The minimum Gasteiger partial charge on any atom is -0.465 e. The number of rotatable bonds is 11. The number of hydrogen-bond acceptors (Lipinski definition) is 8. The molecule has 11 rings (SSSR count). The first-order valence-corrected chi connectivity index (χ1v) is 25.1. The van der Waals surface area contributed by atoms with Gasteiger partial charge in [-0.05, 0) is 69.3 Å². The quantitative estimate of drug-likeness (QED) is 0.101. The zero-order valence-corrected chi connectivity index (χ0v) is 42.1. The van der Waals surface area contributed by atoms with Gasteiger partial charge in [0.15, 0.2) is 11.6 Å². The fourth-order valence-corrected chi connectivity index (χ4v) is 11.1. The molecule has 0 aliphatic carbocycles. The van der Waals surface area contributed by atoms with Gasteiger partial charge in [-0.1, -0.05) is 169 Å². The van der Waals surface area contributed by atoms with Crippen LogP contribution in [-0.4, -0.2) is 105 Å². The molecule has 7 aromatic carbocycles. The van der Waals surface area contributed by atoms with E-state index in [9.17, 15) is 9.90 Å². The van der Waals surface area contributed by atoms with Gasteiger partial charge >= 0.3 is 6.09 Å². The Balaban J connectivity index is 1.24. The second kappa shape index (κ2) is 19.2. The Morgan fingerprint density at radius 2 is 1.25 bits per heavy atom. The standard InChI is InChI=1S/C60H55ClFN9O2/c1-38-31-32-49-52(50(38)51-48(61)33-47-55(53(51)62)64-58(68-36-46(37-68)67(4)5)65-57(47)69-34-40(3)70(59(72)73)35-39(69)2)56(63-54(41-21-11-6-12-22-41)42-23-13-7-14-24-42)66-71(49)60(43-25-15-8-16-26-43,44-27-17-9-18-28-44)45-29-19-10-20-30-45/h6-33,39-40,46H,34-37H2,1-5H3,(H,72,73)/t39-,40+/m0/s1. The fraction of sp³-hybridized carbons (Fsp3) is 0.217. The number of aryl methyl sites for hydroxylation is 1. The van der Waals surface area contributed by atoms with Gasteiger partial charge in [-0.25, -0.2) is 23.8 Å². The van der Waals surface area contributed by atoms with E-state index in [1.807, 2.05) is 156 Å². The van der Waals surface area contributed by atoms with Crippen molar-refractivity contribution in [2.45, 2.75) is 44.4 Å². The summed E-state index contributed by atoms with van der Waals surface area (Å²) in [5.41, 5.74) is 6.54. The first kappa shape index (κ1) is 47.4. The van der Waals surface area contributed by atoms with Crippen LogP contribution in [0.1, 0.15) is 47.2 Å². The predicted molar refractivity (Wildman–Crippen MR) is 291 cm³/mol. The van der Waals surface area contributed by atoms with Crippen molar-refractivity contribution in [3.05, 3.63) is 214 Å². The maximum Gasteiger partial charge on any atom is 0.407 e. The molecule has 1 N–H and O–H groups in total. The van der Waals surface area contributed by atoms with Gasteiger partial charge in [0.25, 0.3) is 0 Å². The van der Waals surface area contributed by atoms with Crippen molar-refractivity contribution >= 4 is 62.8 Å². The van der Waals surface area contributed by atoms with Crippen molar-refractivity contribution in [1.29, 1.82) is 0 Å². The Labute approximate surface area is 429 Å². The number of hydrogen-bond donors (Lipinski definition) is 1.